The van der Waals surface area contributed by atoms with Crippen molar-refractivity contribution in [3.05, 3.63) is 35.0 Å². The second-order valence-electron chi connectivity index (χ2n) is 10.3. The Kier molecular flexibility index (Phi) is 7.51. The number of fused-ring (bicyclic) bond motifs is 3. The summed E-state index contributed by atoms with van der Waals surface area (Å²) in [4.78, 5) is 24.2. The number of hydrogen-bond acceptors (Lipinski definition) is 6. The van der Waals surface area contributed by atoms with Crippen molar-refractivity contribution in [3.63, 3.8) is 0 Å². The minimum absolute atomic E-state index is 0.133. The highest BCUT2D eigenvalue weighted by Gasteiger charge is 2.33. The zero-order chi connectivity index (χ0) is 24.3. The van der Waals surface area contributed by atoms with E-state index < -0.39 is 5.60 Å². The molecule has 2 N–H and O–H groups in total. The van der Waals surface area contributed by atoms with Crippen molar-refractivity contribution in [3.8, 4) is 11.1 Å². The molecule has 1 fully saturated rings. The van der Waals surface area contributed by atoms with Crippen molar-refractivity contribution >= 4 is 29.5 Å². The second-order valence-corrected chi connectivity index (χ2v) is 10.7. The molecule has 0 spiro atoms. The summed E-state index contributed by atoms with van der Waals surface area (Å²) in [6, 6.07) is 6.52. The number of alkyl carbamates (subject to hydrolysis) is 1. The molecule has 0 radical (unpaired) electrons. The van der Waals surface area contributed by atoms with Gasteiger partial charge in [0.15, 0.2) is 0 Å². The molecule has 34 heavy (non-hydrogen) atoms. The summed E-state index contributed by atoms with van der Waals surface area (Å²) in [5.74, 6) is 1.65. The molecule has 1 aromatic heterocycles. The van der Waals surface area contributed by atoms with Gasteiger partial charge in [0.2, 0.25) is 5.95 Å². The molecule has 7 nitrogen and oxygen atoms in total. The first kappa shape index (κ1) is 24.6. The van der Waals surface area contributed by atoms with Crippen LogP contribution < -0.4 is 15.5 Å². The van der Waals surface area contributed by atoms with Gasteiger partial charge in [0, 0.05) is 42.0 Å². The number of hydrogen-bond donors (Lipinski definition) is 2. The lowest BCUT2D eigenvalue weighted by Gasteiger charge is -2.41. The molecule has 0 bridgehead atoms. The van der Waals surface area contributed by atoms with E-state index in [2.05, 4.69) is 39.6 Å². The molecule has 2 aromatic rings. The summed E-state index contributed by atoms with van der Waals surface area (Å²) in [6.45, 7) is 9.46. The van der Waals surface area contributed by atoms with E-state index >= 15 is 0 Å². The predicted molar refractivity (Wildman–Crippen MR) is 137 cm³/mol. The van der Waals surface area contributed by atoms with E-state index in [4.69, 9.17) is 21.3 Å². The average molecular weight is 486 g/mol. The topological polar surface area (TPSA) is 79.4 Å². The van der Waals surface area contributed by atoms with E-state index in [1.807, 2.05) is 33.0 Å². The van der Waals surface area contributed by atoms with Gasteiger partial charge >= 0.3 is 6.09 Å². The van der Waals surface area contributed by atoms with Gasteiger partial charge < -0.3 is 20.3 Å². The first-order valence-corrected chi connectivity index (χ1v) is 12.8. The quantitative estimate of drug-likeness (QED) is 0.476. The number of amides is 1. The van der Waals surface area contributed by atoms with Crippen molar-refractivity contribution < 1.29 is 9.53 Å². The van der Waals surface area contributed by atoms with Crippen LogP contribution in [0.1, 0.15) is 71.8 Å². The van der Waals surface area contributed by atoms with Crippen LogP contribution in [0, 0.1) is 0 Å². The van der Waals surface area contributed by atoms with Gasteiger partial charge in [0.05, 0.1) is 0 Å². The van der Waals surface area contributed by atoms with Gasteiger partial charge in [-0.25, -0.2) is 9.78 Å². The standard InChI is InChI=1S/C26H36ClN5O2/c1-5-6-13-28-24-29-15-22-21-12-7-18(27)14-17(21)16-32(23(22)31-24)20-10-8-19(9-11-20)30-25(33)34-26(2,3)4/h7,12,14-15,19-20H,5-6,8-11,13,16H2,1-4H3,(H,30,33)(H,28,29,31)/t19-,20-. The molecular formula is C26H36ClN5O2. The van der Waals surface area contributed by atoms with Crippen LogP contribution in [0.4, 0.5) is 16.6 Å². The number of nitrogens with zero attached hydrogens (tertiary/aromatic N) is 3. The van der Waals surface area contributed by atoms with E-state index in [9.17, 15) is 4.79 Å². The van der Waals surface area contributed by atoms with Gasteiger partial charge in [0.25, 0.3) is 0 Å². The number of halogens is 1. The lowest BCUT2D eigenvalue weighted by atomic mass is 9.88. The Labute approximate surface area is 207 Å². The Hall–Kier alpha value is -2.54. The van der Waals surface area contributed by atoms with E-state index in [0.29, 0.717) is 12.0 Å². The third kappa shape index (κ3) is 5.93. The molecule has 0 unspecified atom stereocenters. The summed E-state index contributed by atoms with van der Waals surface area (Å²) in [6.07, 6.45) is 7.56. The van der Waals surface area contributed by atoms with Crippen molar-refractivity contribution in [1.82, 2.24) is 15.3 Å². The largest absolute Gasteiger partial charge is 0.444 e. The first-order valence-electron chi connectivity index (χ1n) is 12.4. The summed E-state index contributed by atoms with van der Waals surface area (Å²) < 4.78 is 5.44. The van der Waals surface area contributed by atoms with Crippen LogP contribution in [0.2, 0.25) is 5.02 Å². The first-order chi connectivity index (χ1) is 16.2. The molecule has 0 saturated heterocycles. The predicted octanol–water partition coefficient (Wildman–Crippen LogP) is 6.16. The Morgan fingerprint density at radius 2 is 1.97 bits per heavy atom. The molecule has 8 heteroatoms. The number of nitrogens with one attached hydrogen (secondary N) is 2. The summed E-state index contributed by atoms with van der Waals surface area (Å²) >= 11 is 6.33. The number of carbonyl (C=O) groups is 1. The molecule has 1 saturated carbocycles. The summed E-state index contributed by atoms with van der Waals surface area (Å²) in [5, 5.41) is 7.16. The maximum atomic E-state index is 12.2. The van der Waals surface area contributed by atoms with Crippen LogP contribution in [0.3, 0.4) is 0 Å². The summed E-state index contributed by atoms with van der Waals surface area (Å²) in [5.41, 5.74) is 2.91. The fourth-order valence-corrected chi connectivity index (χ4v) is 4.96. The maximum Gasteiger partial charge on any atom is 0.407 e. The molecular weight excluding hydrogens is 450 g/mol. The molecule has 1 aliphatic carbocycles. The number of benzene rings is 1. The minimum atomic E-state index is -0.490. The lowest BCUT2D eigenvalue weighted by Crippen LogP contribution is -2.46. The Balaban J connectivity index is 1.51. The Morgan fingerprint density at radius 3 is 2.68 bits per heavy atom. The number of carbonyl (C=O) groups excluding carboxylic acids is 1. The number of rotatable bonds is 6. The van der Waals surface area contributed by atoms with E-state index in [1.54, 1.807) is 0 Å². The number of unbranched alkanes of at least 4 members (excludes halogenated alkanes) is 1. The number of aromatic nitrogens is 2. The van der Waals surface area contributed by atoms with Gasteiger partial charge in [0.1, 0.15) is 11.4 Å². The van der Waals surface area contributed by atoms with Crippen LogP contribution in [0.15, 0.2) is 24.4 Å². The van der Waals surface area contributed by atoms with E-state index in [-0.39, 0.29) is 12.1 Å². The Bertz CT molecular complexity index is 1010. The van der Waals surface area contributed by atoms with Gasteiger partial charge in [-0.05, 0) is 76.1 Å². The molecule has 1 amide bonds. The second kappa shape index (κ2) is 10.4. The van der Waals surface area contributed by atoms with Gasteiger partial charge in [-0.3, -0.25) is 0 Å². The third-order valence-electron chi connectivity index (χ3n) is 6.41. The van der Waals surface area contributed by atoms with Crippen molar-refractivity contribution in [2.45, 2.75) is 90.4 Å². The molecule has 1 aromatic carbocycles. The van der Waals surface area contributed by atoms with Gasteiger partial charge in [-0.15, -0.1) is 0 Å². The number of ether oxygens (including phenoxy) is 1. The fraction of sp³-hybridized carbons (Fsp3) is 0.577. The average Bonchev–Trinajstić information content (AvgIpc) is 2.77. The van der Waals surface area contributed by atoms with E-state index in [0.717, 1.165) is 73.6 Å². The van der Waals surface area contributed by atoms with Crippen LogP contribution in [0.5, 0.6) is 0 Å². The van der Waals surface area contributed by atoms with Gasteiger partial charge in [-0.1, -0.05) is 31.0 Å². The third-order valence-corrected chi connectivity index (χ3v) is 6.65. The van der Waals surface area contributed by atoms with Crippen LogP contribution >= 0.6 is 11.6 Å². The van der Waals surface area contributed by atoms with Crippen LogP contribution in [-0.4, -0.2) is 40.3 Å². The molecule has 0 atom stereocenters. The zero-order valence-corrected chi connectivity index (χ0v) is 21.4. The molecule has 2 aliphatic rings. The van der Waals surface area contributed by atoms with E-state index in [1.165, 1.54) is 5.56 Å². The normalized spacial score (nSPS) is 19.7. The highest BCUT2D eigenvalue weighted by atomic mass is 35.5. The highest BCUT2D eigenvalue weighted by Crippen LogP contribution is 2.41. The monoisotopic (exact) mass is 485 g/mol. The molecule has 4 rings (SSSR count). The fourth-order valence-electron chi connectivity index (χ4n) is 4.77. The van der Waals surface area contributed by atoms with Gasteiger partial charge in [-0.2, -0.15) is 4.98 Å². The Morgan fingerprint density at radius 1 is 1.21 bits per heavy atom. The van der Waals surface area contributed by atoms with Crippen LogP contribution in [0.25, 0.3) is 11.1 Å². The maximum absolute atomic E-state index is 12.2. The van der Waals surface area contributed by atoms with Crippen molar-refractivity contribution in [2.24, 2.45) is 0 Å². The SMILES string of the molecule is CCCCNc1ncc2c(n1)N([C@H]1CC[C@H](NC(=O)OC(C)(C)C)CC1)Cc1cc(Cl)ccc1-2. The molecule has 184 valence electrons. The zero-order valence-electron chi connectivity index (χ0n) is 20.7. The van der Waals surface area contributed by atoms with Crippen molar-refractivity contribution in [2.75, 3.05) is 16.8 Å². The lowest BCUT2D eigenvalue weighted by molar-refractivity contribution is 0.0491. The van der Waals surface area contributed by atoms with Crippen LogP contribution in [-0.2, 0) is 11.3 Å². The highest BCUT2D eigenvalue weighted by molar-refractivity contribution is 6.30. The molecule has 2 heterocycles. The summed E-state index contributed by atoms with van der Waals surface area (Å²) in [7, 11) is 0. The van der Waals surface area contributed by atoms with Crippen molar-refractivity contribution in [1.29, 1.82) is 0 Å². The molecule has 1 aliphatic heterocycles. The minimum Gasteiger partial charge on any atom is -0.444 e. The number of anilines is 2. The smallest absolute Gasteiger partial charge is 0.407 e.